The third-order valence-electron chi connectivity index (χ3n) is 4.15. The third kappa shape index (κ3) is 4.72. The average molecular weight is 347 g/mol. The van der Waals surface area contributed by atoms with Gasteiger partial charge in [0.2, 0.25) is 0 Å². The number of rotatable bonds is 6. The van der Waals surface area contributed by atoms with Crippen LogP contribution in [0.4, 0.5) is 0 Å². The second kappa shape index (κ2) is 8.85. The molecule has 2 aromatic carbocycles. The lowest BCUT2D eigenvalue weighted by molar-refractivity contribution is 0.812. The maximum Gasteiger partial charge on any atom is 0.191 e. The molecule has 26 heavy (non-hydrogen) atoms. The van der Waals surface area contributed by atoms with Crippen LogP contribution in [-0.2, 0) is 13.1 Å². The SMILES string of the molecule is CCNC(=NCc1cccc(-n2cccn2)c1)NCc1ccccc1C. The summed E-state index contributed by atoms with van der Waals surface area (Å²) in [5.74, 6) is 0.820. The Balaban J connectivity index is 1.67. The van der Waals surface area contributed by atoms with Gasteiger partial charge in [0.25, 0.3) is 0 Å². The van der Waals surface area contributed by atoms with Gasteiger partial charge in [-0.25, -0.2) is 9.67 Å². The molecule has 1 heterocycles. The Morgan fingerprint density at radius 2 is 1.96 bits per heavy atom. The number of hydrogen-bond acceptors (Lipinski definition) is 2. The van der Waals surface area contributed by atoms with E-state index in [-0.39, 0.29) is 0 Å². The molecule has 2 N–H and O–H groups in total. The molecular weight excluding hydrogens is 322 g/mol. The highest BCUT2D eigenvalue weighted by Gasteiger charge is 2.02. The number of guanidine groups is 1. The van der Waals surface area contributed by atoms with Crippen LogP contribution >= 0.6 is 0 Å². The maximum atomic E-state index is 4.72. The van der Waals surface area contributed by atoms with Gasteiger partial charge in [-0.2, -0.15) is 5.10 Å². The summed E-state index contributed by atoms with van der Waals surface area (Å²) in [6.45, 7) is 6.39. The lowest BCUT2D eigenvalue weighted by Gasteiger charge is -2.13. The van der Waals surface area contributed by atoms with E-state index < -0.39 is 0 Å². The molecule has 1 aromatic heterocycles. The lowest BCUT2D eigenvalue weighted by atomic mass is 10.1. The molecule has 0 aliphatic carbocycles. The van der Waals surface area contributed by atoms with Crippen molar-refractivity contribution >= 4 is 5.96 Å². The van der Waals surface area contributed by atoms with E-state index in [1.807, 2.05) is 29.1 Å². The molecule has 0 fully saturated rings. The second-order valence-electron chi connectivity index (χ2n) is 6.10. The zero-order valence-electron chi connectivity index (χ0n) is 15.3. The van der Waals surface area contributed by atoms with Gasteiger partial charge in [0, 0.05) is 25.5 Å². The zero-order chi connectivity index (χ0) is 18.2. The van der Waals surface area contributed by atoms with Crippen LogP contribution in [0.1, 0.15) is 23.6 Å². The molecule has 0 unspecified atom stereocenters. The molecule has 0 saturated carbocycles. The molecule has 0 radical (unpaired) electrons. The van der Waals surface area contributed by atoms with Crippen LogP contribution in [0.5, 0.6) is 0 Å². The van der Waals surface area contributed by atoms with E-state index in [9.17, 15) is 0 Å². The highest BCUT2D eigenvalue weighted by atomic mass is 15.3. The normalized spacial score (nSPS) is 11.4. The van der Waals surface area contributed by atoms with Gasteiger partial charge in [-0.1, -0.05) is 36.4 Å². The molecule has 5 heteroatoms. The lowest BCUT2D eigenvalue weighted by Crippen LogP contribution is -2.36. The predicted octanol–water partition coefficient (Wildman–Crippen LogP) is 3.44. The van der Waals surface area contributed by atoms with E-state index >= 15 is 0 Å². The molecule has 0 atom stereocenters. The van der Waals surface area contributed by atoms with Crippen LogP contribution in [0.2, 0.25) is 0 Å². The van der Waals surface area contributed by atoms with Crippen molar-refractivity contribution in [3.8, 4) is 5.69 Å². The van der Waals surface area contributed by atoms with Gasteiger partial charge in [-0.15, -0.1) is 0 Å². The number of benzene rings is 2. The first-order valence-electron chi connectivity index (χ1n) is 8.92. The van der Waals surface area contributed by atoms with Gasteiger partial charge in [0.15, 0.2) is 5.96 Å². The minimum atomic E-state index is 0.609. The van der Waals surface area contributed by atoms with Crippen LogP contribution in [0, 0.1) is 6.92 Å². The summed E-state index contributed by atoms with van der Waals surface area (Å²) in [4.78, 5) is 4.72. The fourth-order valence-electron chi connectivity index (χ4n) is 2.72. The van der Waals surface area contributed by atoms with Gasteiger partial charge >= 0.3 is 0 Å². The first-order chi connectivity index (χ1) is 12.8. The van der Waals surface area contributed by atoms with E-state index in [0.29, 0.717) is 6.54 Å². The molecule has 0 spiro atoms. The highest BCUT2D eigenvalue weighted by molar-refractivity contribution is 5.79. The molecule has 0 aliphatic heterocycles. The number of aliphatic imine (C=N–C) groups is 1. The minimum absolute atomic E-state index is 0.609. The number of aryl methyl sites for hydroxylation is 1. The number of nitrogens with zero attached hydrogens (tertiary/aromatic N) is 3. The number of aromatic nitrogens is 2. The smallest absolute Gasteiger partial charge is 0.191 e. The quantitative estimate of drug-likeness (QED) is 0.530. The average Bonchev–Trinajstić information content (AvgIpc) is 3.20. The fourth-order valence-corrected chi connectivity index (χ4v) is 2.72. The van der Waals surface area contributed by atoms with Crippen molar-refractivity contribution in [1.82, 2.24) is 20.4 Å². The standard InChI is InChI=1S/C21H25N5/c1-3-22-21(24-16-19-10-5-4-8-17(19)2)23-15-18-9-6-11-20(14-18)26-13-7-12-25-26/h4-14H,3,15-16H2,1-2H3,(H2,22,23,24). The Hall–Kier alpha value is -3.08. The van der Waals surface area contributed by atoms with Gasteiger partial charge in [0.05, 0.1) is 12.2 Å². The molecular formula is C21H25N5. The third-order valence-corrected chi connectivity index (χ3v) is 4.15. The largest absolute Gasteiger partial charge is 0.357 e. The van der Waals surface area contributed by atoms with E-state index in [1.165, 1.54) is 11.1 Å². The molecule has 0 saturated heterocycles. The van der Waals surface area contributed by atoms with E-state index in [0.717, 1.165) is 30.3 Å². The Bertz CT molecular complexity index is 852. The van der Waals surface area contributed by atoms with Gasteiger partial charge < -0.3 is 10.6 Å². The van der Waals surface area contributed by atoms with Crippen LogP contribution in [0.3, 0.4) is 0 Å². The topological polar surface area (TPSA) is 54.2 Å². The Morgan fingerprint density at radius 3 is 2.73 bits per heavy atom. The predicted molar refractivity (Wildman–Crippen MR) is 106 cm³/mol. The van der Waals surface area contributed by atoms with Gasteiger partial charge in [-0.05, 0) is 48.7 Å². The monoisotopic (exact) mass is 347 g/mol. The van der Waals surface area contributed by atoms with Crippen molar-refractivity contribution in [3.63, 3.8) is 0 Å². The van der Waals surface area contributed by atoms with Crippen molar-refractivity contribution in [2.45, 2.75) is 26.9 Å². The fraction of sp³-hybridized carbons (Fsp3) is 0.238. The Kier molecular flexibility index (Phi) is 6.04. The van der Waals surface area contributed by atoms with Crippen LogP contribution in [0.25, 0.3) is 5.69 Å². The Morgan fingerprint density at radius 1 is 1.08 bits per heavy atom. The summed E-state index contributed by atoms with van der Waals surface area (Å²) in [6.07, 6.45) is 3.72. The molecule has 5 nitrogen and oxygen atoms in total. The van der Waals surface area contributed by atoms with E-state index in [2.05, 4.69) is 66.0 Å². The van der Waals surface area contributed by atoms with Crippen molar-refractivity contribution < 1.29 is 0 Å². The molecule has 0 bridgehead atoms. The van der Waals surface area contributed by atoms with Crippen LogP contribution in [-0.4, -0.2) is 22.3 Å². The van der Waals surface area contributed by atoms with Gasteiger partial charge in [0.1, 0.15) is 0 Å². The molecule has 3 rings (SSSR count). The summed E-state index contributed by atoms with van der Waals surface area (Å²) in [5.41, 5.74) is 4.74. The molecule has 3 aromatic rings. The summed E-state index contributed by atoms with van der Waals surface area (Å²) >= 11 is 0. The molecule has 134 valence electrons. The van der Waals surface area contributed by atoms with Crippen LogP contribution < -0.4 is 10.6 Å². The van der Waals surface area contributed by atoms with Gasteiger partial charge in [-0.3, -0.25) is 0 Å². The summed E-state index contributed by atoms with van der Waals surface area (Å²) in [7, 11) is 0. The summed E-state index contributed by atoms with van der Waals surface area (Å²) < 4.78 is 1.86. The first kappa shape index (κ1) is 17.7. The van der Waals surface area contributed by atoms with E-state index in [4.69, 9.17) is 4.99 Å². The van der Waals surface area contributed by atoms with E-state index in [1.54, 1.807) is 6.20 Å². The highest BCUT2D eigenvalue weighted by Crippen LogP contribution is 2.11. The van der Waals surface area contributed by atoms with Crippen LogP contribution in [0.15, 0.2) is 72.0 Å². The number of hydrogen-bond donors (Lipinski definition) is 2. The molecule has 0 amide bonds. The Labute approximate surface area is 154 Å². The second-order valence-corrected chi connectivity index (χ2v) is 6.10. The maximum absolute atomic E-state index is 4.72. The van der Waals surface area contributed by atoms with Crippen molar-refractivity contribution in [1.29, 1.82) is 0 Å². The van der Waals surface area contributed by atoms with Crippen molar-refractivity contribution in [3.05, 3.63) is 83.7 Å². The summed E-state index contributed by atoms with van der Waals surface area (Å²) in [5, 5.41) is 11.0. The summed E-state index contributed by atoms with van der Waals surface area (Å²) in [6, 6.07) is 18.6. The number of nitrogens with one attached hydrogen (secondary N) is 2. The first-order valence-corrected chi connectivity index (χ1v) is 8.92. The zero-order valence-corrected chi connectivity index (χ0v) is 15.3. The van der Waals surface area contributed by atoms with Crippen molar-refractivity contribution in [2.75, 3.05) is 6.54 Å². The molecule has 0 aliphatic rings. The van der Waals surface area contributed by atoms with Crippen molar-refractivity contribution in [2.24, 2.45) is 4.99 Å². The minimum Gasteiger partial charge on any atom is -0.357 e.